The van der Waals surface area contributed by atoms with E-state index in [1.165, 1.54) is 30.3 Å². The number of fused-ring (bicyclic) bond motifs is 1. The van der Waals surface area contributed by atoms with Crippen LogP contribution in [0.5, 0.6) is 11.8 Å². The zero-order valence-electron chi connectivity index (χ0n) is 20.3. The average Bonchev–Trinajstić information content (AvgIpc) is 3.33. The summed E-state index contributed by atoms with van der Waals surface area (Å²) >= 11 is 0. The number of amides is 1. The molecule has 190 valence electrons. The standard InChI is InChI=1S/C24H25F3N6O3/c1-12(2)30-21(34)17-7-15(8-28-22(17)36-5)18-6-13(3)19-20(31-18)14(4)33(23(19)35)16-9-29-32(10-16)11-24(25,26)27/h6-10,12,35H,11H2,1-5H3,(H,30,34). The largest absolute Gasteiger partial charge is 0.494 e. The minimum Gasteiger partial charge on any atom is -0.494 e. The predicted octanol–water partition coefficient (Wildman–Crippen LogP) is 4.32. The molecule has 0 aliphatic heterocycles. The maximum Gasteiger partial charge on any atom is 0.408 e. The van der Waals surface area contributed by atoms with Crippen LogP contribution in [0.25, 0.3) is 27.8 Å². The summed E-state index contributed by atoms with van der Waals surface area (Å²) in [7, 11) is 1.42. The zero-order valence-corrected chi connectivity index (χ0v) is 20.3. The average molecular weight is 502 g/mol. The van der Waals surface area contributed by atoms with Gasteiger partial charge < -0.3 is 15.2 Å². The number of ether oxygens (including phenoxy) is 1. The molecule has 0 aliphatic carbocycles. The number of methoxy groups -OCH3 is 1. The van der Waals surface area contributed by atoms with Crippen molar-refractivity contribution in [2.75, 3.05) is 7.11 Å². The number of aryl methyl sites for hydroxylation is 2. The molecule has 4 aromatic heterocycles. The number of aromatic hydroxyl groups is 1. The van der Waals surface area contributed by atoms with Gasteiger partial charge in [-0.3, -0.25) is 14.0 Å². The Hall–Kier alpha value is -4.09. The number of carbonyl (C=O) groups excluding carboxylic acids is 1. The predicted molar refractivity (Wildman–Crippen MR) is 126 cm³/mol. The Kier molecular flexibility index (Phi) is 6.37. The molecule has 1 amide bonds. The molecule has 0 radical (unpaired) electrons. The van der Waals surface area contributed by atoms with Gasteiger partial charge in [0.2, 0.25) is 11.8 Å². The Morgan fingerprint density at radius 3 is 2.58 bits per heavy atom. The van der Waals surface area contributed by atoms with Crippen molar-refractivity contribution >= 4 is 16.8 Å². The van der Waals surface area contributed by atoms with E-state index in [-0.39, 0.29) is 35.0 Å². The fourth-order valence-corrected chi connectivity index (χ4v) is 4.05. The smallest absolute Gasteiger partial charge is 0.408 e. The highest BCUT2D eigenvalue weighted by atomic mass is 19.4. The topological polar surface area (TPSA) is 107 Å². The molecule has 9 nitrogen and oxygen atoms in total. The molecule has 4 heterocycles. The molecule has 0 atom stereocenters. The van der Waals surface area contributed by atoms with Gasteiger partial charge in [-0.05, 0) is 45.4 Å². The van der Waals surface area contributed by atoms with E-state index in [2.05, 4.69) is 15.4 Å². The molecule has 0 aliphatic rings. The van der Waals surface area contributed by atoms with Gasteiger partial charge >= 0.3 is 6.18 Å². The number of rotatable bonds is 6. The Morgan fingerprint density at radius 1 is 1.22 bits per heavy atom. The van der Waals surface area contributed by atoms with Gasteiger partial charge in [0.25, 0.3) is 5.91 Å². The van der Waals surface area contributed by atoms with Crippen molar-refractivity contribution in [3.05, 3.63) is 47.5 Å². The van der Waals surface area contributed by atoms with Gasteiger partial charge in [-0.15, -0.1) is 0 Å². The molecule has 0 spiro atoms. The van der Waals surface area contributed by atoms with Gasteiger partial charge in [-0.25, -0.2) is 9.97 Å². The van der Waals surface area contributed by atoms with Crippen molar-refractivity contribution in [2.45, 2.75) is 46.5 Å². The molecule has 4 aromatic rings. The van der Waals surface area contributed by atoms with E-state index in [0.29, 0.717) is 33.4 Å². The van der Waals surface area contributed by atoms with Crippen molar-refractivity contribution in [2.24, 2.45) is 0 Å². The van der Waals surface area contributed by atoms with Gasteiger partial charge in [0, 0.05) is 29.7 Å². The van der Waals surface area contributed by atoms with Crippen LogP contribution in [0.1, 0.15) is 35.5 Å². The van der Waals surface area contributed by atoms with E-state index in [9.17, 15) is 23.1 Å². The summed E-state index contributed by atoms with van der Waals surface area (Å²) in [5, 5.41) is 18.0. The van der Waals surface area contributed by atoms with Crippen molar-refractivity contribution in [3.8, 4) is 28.7 Å². The van der Waals surface area contributed by atoms with E-state index in [1.807, 2.05) is 13.8 Å². The van der Waals surface area contributed by atoms with Crippen molar-refractivity contribution < 1.29 is 27.8 Å². The Bertz CT molecular complexity index is 1460. The Balaban J connectivity index is 1.81. The monoisotopic (exact) mass is 502 g/mol. The normalized spacial score (nSPS) is 11.9. The molecular weight excluding hydrogens is 477 g/mol. The second kappa shape index (κ2) is 9.17. The van der Waals surface area contributed by atoms with Crippen molar-refractivity contribution in [1.29, 1.82) is 0 Å². The van der Waals surface area contributed by atoms with Gasteiger partial charge in [0.15, 0.2) is 0 Å². The minimum atomic E-state index is -4.42. The molecule has 0 aromatic carbocycles. The summed E-state index contributed by atoms with van der Waals surface area (Å²) in [6.45, 7) is 5.92. The molecule has 0 unspecified atom stereocenters. The van der Waals surface area contributed by atoms with Gasteiger partial charge in [0.05, 0.1) is 35.6 Å². The van der Waals surface area contributed by atoms with Gasteiger partial charge in [-0.2, -0.15) is 18.3 Å². The lowest BCUT2D eigenvalue weighted by molar-refractivity contribution is -0.142. The quantitative estimate of drug-likeness (QED) is 0.407. The van der Waals surface area contributed by atoms with Crippen LogP contribution in [-0.2, 0) is 6.54 Å². The molecule has 0 saturated carbocycles. The van der Waals surface area contributed by atoms with Gasteiger partial charge in [-0.1, -0.05) is 0 Å². The molecule has 36 heavy (non-hydrogen) atoms. The Labute approximate surface area is 204 Å². The first-order valence-corrected chi connectivity index (χ1v) is 11.1. The van der Waals surface area contributed by atoms with Crippen LogP contribution < -0.4 is 10.1 Å². The maximum atomic E-state index is 12.8. The van der Waals surface area contributed by atoms with E-state index in [1.54, 1.807) is 26.0 Å². The molecular formula is C24H25F3N6O3. The highest BCUT2D eigenvalue weighted by Crippen LogP contribution is 2.37. The summed E-state index contributed by atoms with van der Waals surface area (Å²) in [5.41, 5.74) is 3.22. The highest BCUT2D eigenvalue weighted by Gasteiger charge is 2.29. The first kappa shape index (κ1) is 25.0. The van der Waals surface area contributed by atoms with Crippen molar-refractivity contribution in [1.82, 2.24) is 29.6 Å². The number of nitrogens with one attached hydrogen (secondary N) is 1. The molecule has 12 heteroatoms. The minimum absolute atomic E-state index is 0.0894. The third kappa shape index (κ3) is 4.70. The Morgan fingerprint density at radius 2 is 1.94 bits per heavy atom. The highest BCUT2D eigenvalue weighted by molar-refractivity contribution is 5.98. The second-order valence-electron chi connectivity index (χ2n) is 8.71. The number of nitrogens with zero attached hydrogens (tertiary/aromatic N) is 5. The third-order valence-electron chi connectivity index (χ3n) is 5.55. The SMILES string of the molecule is COc1ncc(-c2cc(C)c3c(O)n(-c4cnn(CC(F)(F)F)c4)c(C)c3n2)cc1C(=O)NC(C)C. The summed E-state index contributed by atoms with van der Waals surface area (Å²) in [6.07, 6.45) is -0.430. The number of halogens is 3. The molecule has 0 saturated heterocycles. The summed E-state index contributed by atoms with van der Waals surface area (Å²) in [6, 6.07) is 3.28. The van der Waals surface area contributed by atoms with Crippen LogP contribution in [0, 0.1) is 13.8 Å². The van der Waals surface area contributed by atoms with Crippen molar-refractivity contribution in [3.63, 3.8) is 0 Å². The van der Waals surface area contributed by atoms with E-state index in [4.69, 9.17) is 9.72 Å². The van der Waals surface area contributed by atoms with Crippen LogP contribution in [0.4, 0.5) is 13.2 Å². The van der Waals surface area contributed by atoms with E-state index >= 15 is 0 Å². The second-order valence-corrected chi connectivity index (χ2v) is 8.71. The lowest BCUT2D eigenvalue weighted by Gasteiger charge is -2.12. The van der Waals surface area contributed by atoms with Gasteiger partial charge in [0.1, 0.15) is 12.1 Å². The summed E-state index contributed by atoms with van der Waals surface area (Å²) < 4.78 is 45.7. The molecule has 0 bridgehead atoms. The van der Waals surface area contributed by atoms with Crippen LogP contribution in [0.3, 0.4) is 0 Å². The molecule has 0 fully saturated rings. The maximum absolute atomic E-state index is 12.8. The number of pyridine rings is 2. The molecule has 4 rings (SSSR count). The zero-order chi connectivity index (χ0) is 26.4. The molecule has 2 N–H and O–H groups in total. The lowest BCUT2D eigenvalue weighted by Crippen LogP contribution is -2.30. The van der Waals surface area contributed by atoms with E-state index in [0.717, 1.165) is 4.68 Å². The van der Waals surface area contributed by atoms with Crippen LogP contribution in [-0.4, -0.2) is 54.7 Å². The lowest BCUT2D eigenvalue weighted by atomic mass is 10.1. The first-order valence-electron chi connectivity index (χ1n) is 11.1. The third-order valence-corrected chi connectivity index (χ3v) is 5.55. The summed E-state index contributed by atoms with van der Waals surface area (Å²) in [5.74, 6) is -0.328. The van der Waals surface area contributed by atoms with Crippen LogP contribution in [0.15, 0.2) is 30.7 Å². The number of carbonyl (C=O) groups is 1. The fourth-order valence-electron chi connectivity index (χ4n) is 4.05. The number of alkyl halides is 3. The summed E-state index contributed by atoms with van der Waals surface area (Å²) in [4.78, 5) is 21.6. The number of hydrogen-bond acceptors (Lipinski definition) is 6. The van der Waals surface area contributed by atoms with Crippen LogP contribution in [0.2, 0.25) is 0 Å². The van der Waals surface area contributed by atoms with Crippen LogP contribution >= 0.6 is 0 Å². The first-order chi connectivity index (χ1) is 16.9. The van der Waals surface area contributed by atoms with E-state index < -0.39 is 12.7 Å². The number of aromatic nitrogens is 5. The fraction of sp³-hybridized carbons (Fsp3) is 0.333. The number of hydrogen-bond donors (Lipinski definition) is 2.